The van der Waals surface area contributed by atoms with Gasteiger partial charge in [-0.05, 0) is 30.0 Å². The highest BCUT2D eigenvalue weighted by atomic mass is 19.4. The Bertz CT molecular complexity index is 1380. The summed E-state index contributed by atoms with van der Waals surface area (Å²) in [6, 6.07) is 7.60. The molecule has 1 unspecified atom stereocenters. The molecule has 7 nitrogen and oxygen atoms in total. The fourth-order valence-corrected chi connectivity index (χ4v) is 4.76. The summed E-state index contributed by atoms with van der Waals surface area (Å²) in [7, 11) is 1.01. The minimum absolute atomic E-state index is 0.0482. The summed E-state index contributed by atoms with van der Waals surface area (Å²) >= 11 is 0. The number of nitrogens with two attached hydrogens (primary N) is 1. The van der Waals surface area contributed by atoms with Gasteiger partial charge in [-0.2, -0.15) is 13.2 Å². The molecule has 0 saturated carbocycles. The van der Waals surface area contributed by atoms with E-state index in [-0.39, 0.29) is 43.6 Å². The number of rotatable bonds is 7. The van der Waals surface area contributed by atoms with E-state index in [0.717, 1.165) is 11.7 Å². The van der Waals surface area contributed by atoms with Gasteiger partial charge < -0.3 is 19.9 Å². The number of ether oxygens (including phenoxy) is 1. The summed E-state index contributed by atoms with van der Waals surface area (Å²) in [5, 5.41) is 0. The van der Waals surface area contributed by atoms with Gasteiger partial charge >= 0.3 is 12.1 Å². The van der Waals surface area contributed by atoms with Crippen molar-refractivity contribution in [3.05, 3.63) is 88.3 Å². The maximum absolute atomic E-state index is 14.1. The van der Waals surface area contributed by atoms with E-state index in [1.807, 2.05) is 0 Å². The van der Waals surface area contributed by atoms with Crippen molar-refractivity contribution in [3.8, 4) is 0 Å². The van der Waals surface area contributed by atoms with Gasteiger partial charge in [0.2, 0.25) is 11.7 Å². The number of imidazole rings is 1. The van der Waals surface area contributed by atoms with Crippen LogP contribution in [0.5, 0.6) is 0 Å². The van der Waals surface area contributed by atoms with Crippen molar-refractivity contribution in [1.82, 2.24) is 14.5 Å². The number of carbonyl (C=O) groups excluding carboxylic acids is 2. The third kappa shape index (κ3) is 5.92. The number of hydrogen-bond acceptors (Lipinski definition) is 5. The molecule has 1 aliphatic heterocycles. The number of halogens is 6. The maximum Gasteiger partial charge on any atom is 0.449 e. The third-order valence-electron chi connectivity index (χ3n) is 6.50. The molecular formula is C26H24F6N4O3. The molecule has 0 spiro atoms. The maximum atomic E-state index is 14.1. The van der Waals surface area contributed by atoms with E-state index < -0.39 is 59.1 Å². The van der Waals surface area contributed by atoms with E-state index in [1.165, 1.54) is 4.90 Å². The molecule has 2 N–H and O–H groups in total. The summed E-state index contributed by atoms with van der Waals surface area (Å²) in [5.41, 5.74) is 5.81. The number of amides is 1. The van der Waals surface area contributed by atoms with Gasteiger partial charge in [-0.25, -0.2) is 22.9 Å². The predicted octanol–water partition coefficient (Wildman–Crippen LogP) is 4.19. The van der Waals surface area contributed by atoms with Crippen molar-refractivity contribution in [2.24, 2.45) is 5.73 Å². The smallest absolute Gasteiger partial charge is 0.449 e. The number of fused-ring (bicyclic) bond motifs is 1. The predicted molar refractivity (Wildman–Crippen MR) is 126 cm³/mol. The highest BCUT2D eigenvalue weighted by Crippen LogP contribution is 2.38. The monoisotopic (exact) mass is 554 g/mol. The lowest BCUT2D eigenvalue weighted by Gasteiger charge is -2.38. The van der Waals surface area contributed by atoms with Crippen LogP contribution in [0.1, 0.15) is 45.6 Å². The molecule has 2 atom stereocenters. The van der Waals surface area contributed by atoms with Crippen molar-refractivity contribution >= 4 is 11.9 Å². The molecule has 39 heavy (non-hydrogen) atoms. The molecule has 1 aliphatic rings. The lowest BCUT2D eigenvalue weighted by molar-refractivity contribution is -0.148. The first-order chi connectivity index (χ1) is 18.4. The van der Waals surface area contributed by atoms with Gasteiger partial charge in [-0.1, -0.05) is 30.3 Å². The van der Waals surface area contributed by atoms with Crippen LogP contribution in [0.25, 0.3) is 0 Å². The SMILES string of the molecule is COC(=O)c1nc(C(F)(F)F)n2c1C(Cc1ccccc1)N(C(=O)C[C@H](N)Cc1cc(F)c(F)cc1F)CC2. The summed E-state index contributed by atoms with van der Waals surface area (Å²) in [6.45, 7) is -0.464. The quantitative estimate of drug-likeness (QED) is 0.269. The van der Waals surface area contributed by atoms with Crippen molar-refractivity contribution in [1.29, 1.82) is 0 Å². The topological polar surface area (TPSA) is 90.5 Å². The number of benzene rings is 2. The molecule has 4 rings (SSSR count). The van der Waals surface area contributed by atoms with Crippen LogP contribution in [0.3, 0.4) is 0 Å². The van der Waals surface area contributed by atoms with Gasteiger partial charge in [0, 0.05) is 31.6 Å². The molecule has 3 aromatic rings. The Labute approximate surface area is 219 Å². The summed E-state index contributed by atoms with van der Waals surface area (Å²) in [4.78, 5) is 30.8. The van der Waals surface area contributed by atoms with Crippen LogP contribution >= 0.6 is 0 Å². The second-order valence-electron chi connectivity index (χ2n) is 9.13. The van der Waals surface area contributed by atoms with E-state index in [1.54, 1.807) is 30.3 Å². The standard InChI is InChI=1S/C26H24F6N4O3/c1-39-24(38)22-23-20(9-14-5-3-2-4-6-14)35(7-8-36(23)25(34-22)26(30,31)32)21(37)12-16(33)10-15-11-18(28)19(29)13-17(15)27/h2-6,11,13,16,20H,7-10,12,33H2,1H3/t16-,20?/m1/s1. The van der Waals surface area contributed by atoms with Crippen LogP contribution in [-0.4, -0.2) is 46.0 Å². The molecule has 13 heteroatoms. The minimum atomic E-state index is -4.87. The largest absolute Gasteiger partial charge is 0.464 e. The van der Waals surface area contributed by atoms with Crippen LogP contribution in [0.4, 0.5) is 26.3 Å². The normalized spacial score (nSPS) is 16.1. The highest BCUT2D eigenvalue weighted by molar-refractivity contribution is 5.89. The zero-order valence-electron chi connectivity index (χ0n) is 20.6. The fourth-order valence-electron chi connectivity index (χ4n) is 4.76. The molecule has 0 bridgehead atoms. The number of carbonyl (C=O) groups is 2. The lowest BCUT2D eigenvalue weighted by atomic mass is 9.96. The number of esters is 1. The van der Waals surface area contributed by atoms with Gasteiger partial charge in [-0.3, -0.25) is 4.79 Å². The first-order valence-corrected chi connectivity index (χ1v) is 11.9. The van der Waals surface area contributed by atoms with Gasteiger partial charge in [0.05, 0.1) is 18.8 Å². The zero-order valence-corrected chi connectivity index (χ0v) is 20.6. The Balaban J connectivity index is 1.68. The molecule has 0 saturated heterocycles. The van der Waals surface area contributed by atoms with E-state index in [0.29, 0.717) is 17.7 Å². The lowest BCUT2D eigenvalue weighted by Crippen LogP contribution is -2.46. The molecule has 1 amide bonds. The van der Waals surface area contributed by atoms with Gasteiger partial charge in [-0.15, -0.1) is 0 Å². The fraction of sp³-hybridized carbons (Fsp3) is 0.346. The summed E-state index contributed by atoms with van der Waals surface area (Å²) in [5.74, 6) is -6.62. The second-order valence-corrected chi connectivity index (χ2v) is 9.13. The van der Waals surface area contributed by atoms with Gasteiger partial charge in [0.15, 0.2) is 17.3 Å². The summed E-state index contributed by atoms with van der Waals surface area (Å²) in [6.07, 6.45) is -5.50. The van der Waals surface area contributed by atoms with Crippen LogP contribution in [0, 0.1) is 17.5 Å². The molecule has 2 heterocycles. The van der Waals surface area contributed by atoms with Crippen molar-refractivity contribution in [2.75, 3.05) is 13.7 Å². The van der Waals surface area contributed by atoms with Crippen molar-refractivity contribution in [2.45, 2.75) is 44.1 Å². The first-order valence-electron chi connectivity index (χ1n) is 11.9. The Morgan fingerprint density at radius 2 is 1.74 bits per heavy atom. The Hall–Kier alpha value is -3.87. The molecule has 2 aromatic carbocycles. The van der Waals surface area contributed by atoms with Crippen LogP contribution in [0.15, 0.2) is 42.5 Å². The van der Waals surface area contributed by atoms with E-state index in [9.17, 15) is 35.9 Å². The highest BCUT2D eigenvalue weighted by Gasteiger charge is 2.45. The second kappa shape index (κ2) is 11.1. The molecule has 208 valence electrons. The molecule has 0 fully saturated rings. The van der Waals surface area contributed by atoms with Gasteiger partial charge in [0.1, 0.15) is 5.82 Å². The van der Waals surface area contributed by atoms with Crippen LogP contribution in [0.2, 0.25) is 0 Å². The number of nitrogens with zero attached hydrogens (tertiary/aromatic N) is 3. The average molecular weight is 554 g/mol. The van der Waals surface area contributed by atoms with E-state index >= 15 is 0 Å². The van der Waals surface area contributed by atoms with Gasteiger partial charge in [0.25, 0.3) is 0 Å². The van der Waals surface area contributed by atoms with E-state index in [2.05, 4.69) is 9.72 Å². The summed E-state index contributed by atoms with van der Waals surface area (Å²) < 4.78 is 88.0. The minimum Gasteiger partial charge on any atom is -0.464 e. The number of methoxy groups -OCH3 is 1. The van der Waals surface area contributed by atoms with Crippen LogP contribution in [-0.2, 0) is 35.1 Å². The Morgan fingerprint density at radius 1 is 1.08 bits per heavy atom. The number of hydrogen-bond donors (Lipinski definition) is 1. The van der Waals surface area contributed by atoms with E-state index in [4.69, 9.17) is 5.73 Å². The molecule has 0 aliphatic carbocycles. The first kappa shape index (κ1) is 28.1. The van der Waals surface area contributed by atoms with Crippen molar-refractivity contribution < 1.29 is 40.7 Å². The van der Waals surface area contributed by atoms with Crippen LogP contribution < -0.4 is 5.73 Å². The molecule has 0 radical (unpaired) electrons. The Kier molecular flexibility index (Phi) is 8.00. The molecular weight excluding hydrogens is 530 g/mol. The zero-order chi connectivity index (χ0) is 28.5. The molecule has 1 aromatic heterocycles. The third-order valence-corrected chi connectivity index (χ3v) is 6.50. The Morgan fingerprint density at radius 3 is 2.38 bits per heavy atom. The van der Waals surface area contributed by atoms with Crippen molar-refractivity contribution in [3.63, 3.8) is 0 Å². The number of alkyl halides is 3. The average Bonchev–Trinajstić information content (AvgIpc) is 3.28. The number of aromatic nitrogens is 2.